The van der Waals surface area contributed by atoms with Gasteiger partial charge in [-0.3, -0.25) is 9.59 Å². The Morgan fingerprint density at radius 3 is 1.56 bits per heavy atom. The molecule has 6 rings (SSSR count). The maximum absolute atomic E-state index is 12.5. The fourth-order valence-electron chi connectivity index (χ4n) is 6.17. The summed E-state index contributed by atoms with van der Waals surface area (Å²) >= 11 is 0. The Kier molecular flexibility index (Phi) is 13.8. The Morgan fingerprint density at radius 2 is 1.16 bits per heavy atom. The number of aromatic nitrogens is 4. The number of rotatable bonds is 10. The van der Waals surface area contributed by atoms with Gasteiger partial charge in [-0.2, -0.15) is 21.0 Å². The van der Waals surface area contributed by atoms with E-state index in [0.29, 0.717) is 47.1 Å². The lowest BCUT2D eigenvalue weighted by atomic mass is 9.84. The Hall–Kier alpha value is -7.12. The Morgan fingerprint density at radius 1 is 0.702 bits per heavy atom. The largest absolute Gasteiger partial charge is 0.480 e. The minimum atomic E-state index is -0.956. The summed E-state index contributed by atoms with van der Waals surface area (Å²) in [6.07, 6.45) is 4.11. The Balaban J connectivity index is 0.000000209. The molecule has 0 radical (unpaired) electrons. The molecule has 0 saturated heterocycles. The molecular formula is C45H45N9O3. The van der Waals surface area contributed by atoms with Crippen LogP contribution in [0.1, 0.15) is 78.6 Å². The van der Waals surface area contributed by atoms with E-state index in [4.69, 9.17) is 21.4 Å². The molecule has 3 N–H and O–H groups in total. The Labute approximate surface area is 332 Å². The van der Waals surface area contributed by atoms with Crippen LogP contribution in [0.25, 0.3) is 22.1 Å². The topological polar surface area (TPSA) is 211 Å². The molecule has 2 aromatic heterocycles. The second-order valence-electron chi connectivity index (χ2n) is 14.7. The van der Waals surface area contributed by atoms with Crippen LogP contribution in [0.5, 0.6) is 0 Å². The van der Waals surface area contributed by atoms with Gasteiger partial charge in [0, 0.05) is 13.0 Å². The molecule has 4 aromatic carbocycles. The predicted octanol–water partition coefficient (Wildman–Crippen LogP) is 7.47. The van der Waals surface area contributed by atoms with Crippen LogP contribution in [0.15, 0.2) is 85.5 Å². The number of fused-ring (bicyclic) bond motifs is 2. The van der Waals surface area contributed by atoms with E-state index in [-0.39, 0.29) is 18.9 Å². The number of nitrogens with zero attached hydrogens (tertiary/aromatic N) is 8. The van der Waals surface area contributed by atoms with E-state index in [9.17, 15) is 20.1 Å². The van der Waals surface area contributed by atoms with Crippen molar-refractivity contribution in [2.24, 2.45) is 5.73 Å². The third-order valence-corrected chi connectivity index (χ3v) is 9.75. The number of nitriles is 4. The predicted molar refractivity (Wildman–Crippen MR) is 217 cm³/mol. The number of Topliss-reactive ketones (excluding diaryl/α,β-unsaturated/α-hetero) is 1. The molecule has 0 fully saturated rings. The first kappa shape index (κ1) is 42.6. The number of carboxylic acid groups (broad SMARTS) is 1. The van der Waals surface area contributed by atoms with Crippen LogP contribution in [0, 0.1) is 59.2 Å². The summed E-state index contributed by atoms with van der Waals surface area (Å²) in [5, 5.41) is 45.1. The number of aryl methyl sites for hydroxylation is 3. The van der Waals surface area contributed by atoms with Crippen LogP contribution in [-0.2, 0) is 46.5 Å². The van der Waals surface area contributed by atoms with Crippen molar-refractivity contribution in [1.82, 2.24) is 19.1 Å². The third-order valence-electron chi connectivity index (χ3n) is 9.75. The normalized spacial score (nSPS) is 10.9. The van der Waals surface area contributed by atoms with E-state index in [1.54, 1.807) is 41.2 Å². The molecule has 0 unspecified atom stereocenters. The van der Waals surface area contributed by atoms with Gasteiger partial charge in [-0.1, -0.05) is 48.5 Å². The first-order chi connectivity index (χ1) is 27.1. The number of carbonyl (C=O) groups excluding carboxylic acids is 1. The van der Waals surface area contributed by atoms with Crippen LogP contribution in [0.3, 0.4) is 0 Å². The minimum absolute atomic E-state index is 0.0906. The fraction of sp³-hybridized carbons (Fsp3) is 0.289. The van der Waals surface area contributed by atoms with Crippen molar-refractivity contribution in [3.63, 3.8) is 0 Å². The first-order valence-corrected chi connectivity index (χ1v) is 18.2. The Bertz CT molecular complexity index is 2600. The number of ketones is 1. The summed E-state index contributed by atoms with van der Waals surface area (Å²) in [7, 11) is 0. The summed E-state index contributed by atoms with van der Waals surface area (Å²) in [5.41, 5.74) is 14.8. The van der Waals surface area contributed by atoms with E-state index in [1.165, 1.54) is 10.9 Å². The molecule has 0 amide bonds. The highest BCUT2D eigenvalue weighted by Gasteiger charge is 2.21. The van der Waals surface area contributed by atoms with Crippen molar-refractivity contribution in [3.05, 3.63) is 130 Å². The molecule has 57 heavy (non-hydrogen) atoms. The molecule has 0 bridgehead atoms. The number of benzene rings is 4. The summed E-state index contributed by atoms with van der Waals surface area (Å²) in [4.78, 5) is 31.4. The number of carboxylic acids is 1. The average molecular weight is 760 g/mol. The SMILES string of the molecule is Cc1cc(C(C)(C)C#N)ccc1CCC(=O)Cn1cnc2cccc(C#N)c21.Cc1cc(C(C)(C)C#N)ccc1CN.N#Cc1cccc2ncn(CC(=O)O)c12. The highest BCUT2D eigenvalue weighted by Crippen LogP contribution is 2.26. The van der Waals surface area contributed by atoms with Crippen LogP contribution in [-0.4, -0.2) is 36.0 Å². The molecular weight excluding hydrogens is 715 g/mol. The van der Waals surface area contributed by atoms with Crippen molar-refractivity contribution in [2.75, 3.05) is 0 Å². The van der Waals surface area contributed by atoms with Crippen LogP contribution < -0.4 is 5.73 Å². The second kappa shape index (κ2) is 18.5. The lowest BCUT2D eigenvalue weighted by molar-refractivity contribution is -0.137. The summed E-state index contributed by atoms with van der Waals surface area (Å²) < 4.78 is 3.21. The minimum Gasteiger partial charge on any atom is -0.480 e. The maximum Gasteiger partial charge on any atom is 0.323 e. The number of imidazole rings is 2. The van der Waals surface area contributed by atoms with Gasteiger partial charge in [-0.25, -0.2) is 9.97 Å². The summed E-state index contributed by atoms with van der Waals surface area (Å²) in [6.45, 7) is 12.3. The summed E-state index contributed by atoms with van der Waals surface area (Å²) in [5.74, 6) is -0.866. The molecule has 0 spiro atoms. The van der Waals surface area contributed by atoms with E-state index >= 15 is 0 Å². The smallest absolute Gasteiger partial charge is 0.323 e. The molecule has 0 aliphatic rings. The molecule has 12 nitrogen and oxygen atoms in total. The van der Waals surface area contributed by atoms with Gasteiger partial charge in [0.1, 0.15) is 18.7 Å². The zero-order valence-electron chi connectivity index (χ0n) is 33.0. The molecule has 6 aromatic rings. The molecule has 0 saturated carbocycles. The van der Waals surface area contributed by atoms with Gasteiger partial charge in [-0.05, 0) is 106 Å². The van der Waals surface area contributed by atoms with Gasteiger partial charge in [0.2, 0.25) is 0 Å². The molecule has 12 heteroatoms. The number of nitrogens with two attached hydrogens (primary N) is 1. The highest BCUT2D eigenvalue weighted by molar-refractivity contribution is 5.85. The molecule has 0 aliphatic carbocycles. The van der Waals surface area contributed by atoms with Gasteiger partial charge < -0.3 is 20.0 Å². The molecule has 0 atom stereocenters. The summed E-state index contributed by atoms with van der Waals surface area (Å²) in [6, 6.07) is 31.3. The zero-order chi connectivity index (χ0) is 41.9. The molecule has 0 aliphatic heterocycles. The fourth-order valence-corrected chi connectivity index (χ4v) is 6.17. The van der Waals surface area contributed by atoms with E-state index < -0.39 is 16.8 Å². The van der Waals surface area contributed by atoms with Gasteiger partial charge >= 0.3 is 5.97 Å². The van der Waals surface area contributed by atoms with E-state index in [0.717, 1.165) is 38.9 Å². The lowest BCUT2D eigenvalue weighted by Crippen LogP contribution is -2.14. The van der Waals surface area contributed by atoms with Crippen molar-refractivity contribution in [2.45, 2.75) is 84.8 Å². The average Bonchev–Trinajstić information content (AvgIpc) is 3.81. The highest BCUT2D eigenvalue weighted by atomic mass is 16.4. The number of para-hydroxylation sites is 2. The quantitative estimate of drug-likeness (QED) is 0.141. The van der Waals surface area contributed by atoms with Crippen molar-refractivity contribution < 1.29 is 14.7 Å². The molecule has 2 heterocycles. The van der Waals surface area contributed by atoms with Crippen molar-refractivity contribution in [3.8, 4) is 24.3 Å². The van der Waals surface area contributed by atoms with Gasteiger partial charge in [0.15, 0.2) is 5.78 Å². The number of aliphatic carboxylic acids is 1. The van der Waals surface area contributed by atoms with Gasteiger partial charge in [0.25, 0.3) is 0 Å². The third kappa shape index (κ3) is 10.3. The number of hydrogen-bond acceptors (Lipinski definition) is 9. The lowest BCUT2D eigenvalue weighted by Gasteiger charge is -2.17. The molecule has 288 valence electrons. The van der Waals surface area contributed by atoms with Crippen LogP contribution in [0.2, 0.25) is 0 Å². The van der Waals surface area contributed by atoms with Crippen LogP contribution in [0.4, 0.5) is 0 Å². The number of hydrogen-bond donors (Lipinski definition) is 2. The van der Waals surface area contributed by atoms with Crippen LogP contribution >= 0.6 is 0 Å². The van der Waals surface area contributed by atoms with Crippen molar-refractivity contribution in [1.29, 1.82) is 21.0 Å². The van der Waals surface area contributed by atoms with Gasteiger partial charge in [-0.15, -0.1) is 0 Å². The van der Waals surface area contributed by atoms with Gasteiger partial charge in [0.05, 0.1) is 75.4 Å². The van der Waals surface area contributed by atoms with E-state index in [1.807, 2.05) is 90.1 Å². The second-order valence-corrected chi connectivity index (χ2v) is 14.7. The maximum atomic E-state index is 12.5. The monoisotopic (exact) mass is 759 g/mol. The zero-order valence-corrected chi connectivity index (χ0v) is 33.0. The van der Waals surface area contributed by atoms with Crippen molar-refractivity contribution >= 4 is 33.8 Å². The van der Waals surface area contributed by atoms with E-state index in [2.05, 4.69) is 28.2 Å². The number of carbonyl (C=O) groups is 2. The standard InChI is InChI=1S/C23H22N4O.C12H16N2.C10H7N3O2/c1-16-11-19(23(2,3)14-25)9-7-17(16)8-10-20(28)13-27-15-26-21-6-4-5-18(12-24)22(21)27;1-9-6-11(12(2,3)8-14)5-4-10(9)7-13;11-4-7-2-1-3-8-10(7)13(6-12-8)5-9(14)15/h4-7,9,11,15H,8,10,13H2,1-3H3;4-6H,7,13H2,1-3H3;1-3,6H,5H2,(H,14,15). The first-order valence-electron chi connectivity index (χ1n) is 18.2.